The van der Waals surface area contributed by atoms with Crippen molar-refractivity contribution in [3.8, 4) is 11.3 Å². The minimum atomic E-state index is -0.0233. The van der Waals surface area contributed by atoms with Crippen molar-refractivity contribution < 1.29 is 0 Å². The molecule has 0 spiro atoms. The van der Waals surface area contributed by atoms with E-state index in [1.165, 1.54) is 0 Å². The van der Waals surface area contributed by atoms with E-state index in [0.717, 1.165) is 34.4 Å². The highest BCUT2D eigenvalue weighted by Gasteiger charge is 2.27. The molecule has 0 aliphatic heterocycles. The van der Waals surface area contributed by atoms with Crippen LogP contribution >= 0.6 is 15.9 Å². The van der Waals surface area contributed by atoms with Crippen molar-refractivity contribution in [2.45, 2.75) is 25.7 Å². The van der Waals surface area contributed by atoms with Gasteiger partial charge < -0.3 is 4.98 Å². The Bertz CT molecular complexity index is 642. The van der Waals surface area contributed by atoms with E-state index in [1.54, 1.807) is 0 Å². The number of H-pyrrole nitrogens is 1. The molecule has 3 nitrogen and oxygen atoms in total. The largest absolute Gasteiger partial charge is 0.310 e. The van der Waals surface area contributed by atoms with Gasteiger partial charge in [0.05, 0.1) is 5.69 Å². The van der Waals surface area contributed by atoms with Crippen LogP contribution in [-0.4, -0.2) is 9.97 Å². The predicted octanol–water partition coefficient (Wildman–Crippen LogP) is 3.39. The Morgan fingerprint density at radius 2 is 1.94 bits per heavy atom. The Morgan fingerprint density at radius 1 is 1.28 bits per heavy atom. The standard InChI is InChI=1S/C14H13BrN2O/c1-8-12(9-4-6-11(15)7-5-9)16-13(10-2-3-10)17-14(8)18/h4-7,10H,2-3H2,1H3,(H,16,17,18). The monoisotopic (exact) mass is 304 g/mol. The van der Waals surface area contributed by atoms with Crippen LogP contribution in [-0.2, 0) is 0 Å². The molecule has 92 valence electrons. The van der Waals surface area contributed by atoms with E-state index in [9.17, 15) is 4.79 Å². The SMILES string of the molecule is Cc1c(-c2ccc(Br)cc2)nc(C2CC2)[nH]c1=O. The van der Waals surface area contributed by atoms with Crippen molar-refractivity contribution in [1.82, 2.24) is 9.97 Å². The molecule has 1 aromatic heterocycles. The number of nitrogens with zero attached hydrogens (tertiary/aromatic N) is 1. The molecular weight excluding hydrogens is 292 g/mol. The zero-order valence-electron chi connectivity index (χ0n) is 10.0. The Balaban J connectivity index is 2.15. The van der Waals surface area contributed by atoms with Gasteiger partial charge in [0.2, 0.25) is 0 Å². The molecule has 18 heavy (non-hydrogen) atoms. The van der Waals surface area contributed by atoms with Crippen LogP contribution in [0.2, 0.25) is 0 Å². The van der Waals surface area contributed by atoms with E-state index in [-0.39, 0.29) is 5.56 Å². The van der Waals surface area contributed by atoms with Crippen LogP contribution < -0.4 is 5.56 Å². The van der Waals surface area contributed by atoms with Crippen LogP contribution in [0.5, 0.6) is 0 Å². The summed E-state index contributed by atoms with van der Waals surface area (Å²) in [7, 11) is 0. The normalized spacial score (nSPS) is 14.8. The number of hydrogen-bond acceptors (Lipinski definition) is 2. The highest BCUT2D eigenvalue weighted by atomic mass is 79.9. The van der Waals surface area contributed by atoms with Crippen LogP contribution in [0.15, 0.2) is 33.5 Å². The second kappa shape index (κ2) is 4.35. The average molecular weight is 305 g/mol. The average Bonchev–Trinajstić information content (AvgIpc) is 3.18. The van der Waals surface area contributed by atoms with Gasteiger partial charge in [-0.05, 0) is 31.9 Å². The molecule has 1 N–H and O–H groups in total. The van der Waals surface area contributed by atoms with Crippen LogP contribution in [0.3, 0.4) is 0 Å². The minimum Gasteiger partial charge on any atom is -0.310 e. The summed E-state index contributed by atoms with van der Waals surface area (Å²) < 4.78 is 1.02. The predicted molar refractivity (Wildman–Crippen MR) is 74.7 cm³/mol. The number of rotatable bonds is 2. The van der Waals surface area contributed by atoms with E-state index < -0.39 is 0 Å². The summed E-state index contributed by atoms with van der Waals surface area (Å²) in [5.74, 6) is 1.29. The van der Waals surface area contributed by atoms with Gasteiger partial charge in [0, 0.05) is 21.5 Å². The lowest BCUT2D eigenvalue weighted by Crippen LogP contribution is -2.15. The summed E-state index contributed by atoms with van der Waals surface area (Å²) in [6.07, 6.45) is 2.26. The lowest BCUT2D eigenvalue weighted by molar-refractivity contribution is 0.900. The van der Waals surface area contributed by atoms with Gasteiger partial charge in [-0.2, -0.15) is 0 Å². The topological polar surface area (TPSA) is 45.8 Å². The van der Waals surface area contributed by atoms with Gasteiger partial charge in [0.25, 0.3) is 5.56 Å². The third-order valence-electron chi connectivity index (χ3n) is 3.25. The van der Waals surface area contributed by atoms with Crippen LogP contribution in [0.4, 0.5) is 0 Å². The van der Waals surface area contributed by atoms with E-state index in [4.69, 9.17) is 0 Å². The van der Waals surface area contributed by atoms with Gasteiger partial charge in [-0.25, -0.2) is 4.98 Å². The molecule has 4 heteroatoms. The van der Waals surface area contributed by atoms with E-state index in [2.05, 4.69) is 25.9 Å². The molecule has 1 aliphatic carbocycles. The first-order chi connectivity index (χ1) is 8.65. The van der Waals surface area contributed by atoms with Crippen LogP contribution in [0.1, 0.15) is 30.1 Å². The number of benzene rings is 1. The molecular formula is C14H13BrN2O. The maximum atomic E-state index is 11.9. The number of aromatic amines is 1. The molecule has 1 saturated carbocycles. The molecule has 1 aliphatic rings. The third-order valence-corrected chi connectivity index (χ3v) is 3.78. The van der Waals surface area contributed by atoms with Crippen molar-refractivity contribution in [1.29, 1.82) is 0 Å². The molecule has 0 unspecified atom stereocenters. The molecule has 0 atom stereocenters. The van der Waals surface area contributed by atoms with Gasteiger partial charge in [-0.1, -0.05) is 28.1 Å². The molecule has 3 rings (SSSR count). The molecule has 0 bridgehead atoms. The number of hydrogen-bond donors (Lipinski definition) is 1. The smallest absolute Gasteiger partial charge is 0.254 e. The van der Waals surface area contributed by atoms with Crippen molar-refractivity contribution in [3.63, 3.8) is 0 Å². The van der Waals surface area contributed by atoms with Crippen molar-refractivity contribution in [2.75, 3.05) is 0 Å². The Morgan fingerprint density at radius 3 is 2.56 bits per heavy atom. The minimum absolute atomic E-state index is 0.0233. The Kier molecular flexibility index (Phi) is 2.82. The van der Waals surface area contributed by atoms with Crippen LogP contribution in [0.25, 0.3) is 11.3 Å². The summed E-state index contributed by atoms with van der Waals surface area (Å²) >= 11 is 3.41. The third kappa shape index (κ3) is 2.12. The molecule has 1 fully saturated rings. The summed E-state index contributed by atoms with van der Waals surface area (Å²) in [5.41, 5.74) is 2.45. The molecule has 2 aromatic rings. The van der Waals surface area contributed by atoms with Gasteiger partial charge >= 0.3 is 0 Å². The quantitative estimate of drug-likeness (QED) is 0.924. The van der Waals surface area contributed by atoms with Gasteiger partial charge in [-0.3, -0.25) is 4.79 Å². The molecule has 1 heterocycles. The van der Waals surface area contributed by atoms with Crippen molar-refractivity contribution in [2.24, 2.45) is 0 Å². The zero-order chi connectivity index (χ0) is 12.7. The fourth-order valence-electron chi connectivity index (χ4n) is 1.99. The van der Waals surface area contributed by atoms with Crippen molar-refractivity contribution >= 4 is 15.9 Å². The zero-order valence-corrected chi connectivity index (χ0v) is 11.6. The summed E-state index contributed by atoms with van der Waals surface area (Å²) in [5, 5.41) is 0. The first kappa shape index (κ1) is 11.7. The fourth-order valence-corrected chi connectivity index (χ4v) is 2.25. The Hall–Kier alpha value is -1.42. The summed E-state index contributed by atoms with van der Waals surface area (Å²) in [4.78, 5) is 19.4. The first-order valence-electron chi connectivity index (χ1n) is 6.02. The molecule has 0 radical (unpaired) electrons. The first-order valence-corrected chi connectivity index (χ1v) is 6.81. The fraction of sp³-hybridized carbons (Fsp3) is 0.286. The van der Waals surface area contributed by atoms with E-state index in [1.807, 2.05) is 31.2 Å². The highest BCUT2D eigenvalue weighted by Crippen LogP contribution is 2.38. The summed E-state index contributed by atoms with van der Waals surface area (Å²) in [6, 6.07) is 7.90. The van der Waals surface area contributed by atoms with E-state index >= 15 is 0 Å². The lowest BCUT2D eigenvalue weighted by atomic mass is 10.1. The van der Waals surface area contributed by atoms with Crippen LogP contribution in [0, 0.1) is 6.92 Å². The maximum absolute atomic E-state index is 11.9. The van der Waals surface area contributed by atoms with Crippen molar-refractivity contribution in [3.05, 3.63) is 50.5 Å². The second-order valence-electron chi connectivity index (χ2n) is 4.71. The molecule has 0 saturated heterocycles. The van der Waals surface area contributed by atoms with E-state index in [0.29, 0.717) is 11.5 Å². The number of aromatic nitrogens is 2. The van der Waals surface area contributed by atoms with Gasteiger partial charge in [0.1, 0.15) is 5.82 Å². The number of nitrogens with one attached hydrogen (secondary N) is 1. The molecule has 1 aromatic carbocycles. The Labute approximate surface area is 113 Å². The highest BCUT2D eigenvalue weighted by molar-refractivity contribution is 9.10. The number of halogens is 1. The lowest BCUT2D eigenvalue weighted by Gasteiger charge is -2.07. The summed E-state index contributed by atoms with van der Waals surface area (Å²) in [6.45, 7) is 1.82. The van der Waals surface area contributed by atoms with Gasteiger partial charge in [0.15, 0.2) is 0 Å². The van der Waals surface area contributed by atoms with Gasteiger partial charge in [-0.15, -0.1) is 0 Å². The second-order valence-corrected chi connectivity index (χ2v) is 5.62. The molecule has 0 amide bonds. The maximum Gasteiger partial charge on any atom is 0.254 e.